The number of alkyl halides is 1. The molecule has 108 valence electrons. The standard InChI is InChI=1S/C16H27FN2/c1-6-19(7-2)10-8-15-13-18(5)11-9-16(4,17)12-14(15)3/h9,11,13H,3,6-8,10,12H2,1-2,4-5H3/b11-9-,15-13?. The maximum absolute atomic E-state index is 14.2. The lowest BCUT2D eigenvalue weighted by Crippen LogP contribution is -2.25. The monoisotopic (exact) mass is 266 g/mol. The Morgan fingerprint density at radius 1 is 1.42 bits per heavy atom. The van der Waals surface area contributed by atoms with E-state index in [1.165, 1.54) is 0 Å². The molecule has 0 radical (unpaired) electrons. The molecular weight excluding hydrogens is 239 g/mol. The molecule has 2 nitrogen and oxygen atoms in total. The van der Waals surface area contributed by atoms with Crippen LogP contribution in [0.1, 0.15) is 33.6 Å². The molecule has 1 unspecified atom stereocenters. The Bertz CT molecular complexity index is 365. The van der Waals surface area contributed by atoms with Crippen LogP contribution in [0.25, 0.3) is 0 Å². The Kier molecular flexibility index (Phi) is 5.80. The molecular formula is C16H27FN2. The second-order valence-corrected chi connectivity index (χ2v) is 5.47. The number of halogens is 1. The molecule has 1 aliphatic heterocycles. The molecule has 0 aliphatic carbocycles. The van der Waals surface area contributed by atoms with E-state index in [4.69, 9.17) is 0 Å². The second-order valence-electron chi connectivity index (χ2n) is 5.47. The molecule has 1 atom stereocenters. The quantitative estimate of drug-likeness (QED) is 0.748. The van der Waals surface area contributed by atoms with Crippen LogP contribution in [0.2, 0.25) is 0 Å². The Morgan fingerprint density at radius 2 is 2.05 bits per heavy atom. The van der Waals surface area contributed by atoms with E-state index in [2.05, 4.69) is 31.5 Å². The SMILES string of the molecule is C=C1CC(C)(F)/C=C\N(C)C=C1CCN(CC)CC. The molecule has 0 bridgehead atoms. The summed E-state index contributed by atoms with van der Waals surface area (Å²) in [4.78, 5) is 4.29. The summed E-state index contributed by atoms with van der Waals surface area (Å²) in [5.74, 6) is 0. The molecule has 1 rings (SSSR count). The molecule has 1 heterocycles. The molecule has 0 amide bonds. The maximum Gasteiger partial charge on any atom is 0.132 e. The summed E-state index contributed by atoms with van der Waals surface area (Å²) in [6.45, 7) is 13.1. The largest absolute Gasteiger partial charge is 0.357 e. The summed E-state index contributed by atoms with van der Waals surface area (Å²) in [6, 6.07) is 0. The van der Waals surface area contributed by atoms with Crippen LogP contribution in [0, 0.1) is 0 Å². The van der Waals surface area contributed by atoms with Crippen molar-refractivity contribution < 1.29 is 4.39 Å². The van der Waals surface area contributed by atoms with Gasteiger partial charge in [-0.1, -0.05) is 20.4 Å². The van der Waals surface area contributed by atoms with Crippen LogP contribution < -0.4 is 0 Å². The van der Waals surface area contributed by atoms with Crippen LogP contribution in [0.15, 0.2) is 36.2 Å². The van der Waals surface area contributed by atoms with Crippen LogP contribution in [0.3, 0.4) is 0 Å². The van der Waals surface area contributed by atoms with Crippen molar-refractivity contribution in [3.63, 3.8) is 0 Å². The van der Waals surface area contributed by atoms with Gasteiger partial charge in [0.25, 0.3) is 0 Å². The maximum atomic E-state index is 14.2. The molecule has 0 fully saturated rings. The molecule has 19 heavy (non-hydrogen) atoms. The highest BCUT2D eigenvalue weighted by molar-refractivity contribution is 5.32. The highest BCUT2D eigenvalue weighted by Gasteiger charge is 2.23. The number of rotatable bonds is 5. The van der Waals surface area contributed by atoms with Gasteiger partial charge in [-0.3, -0.25) is 0 Å². The molecule has 1 aliphatic rings. The van der Waals surface area contributed by atoms with Gasteiger partial charge >= 0.3 is 0 Å². The van der Waals surface area contributed by atoms with Crippen molar-refractivity contribution in [3.8, 4) is 0 Å². The normalized spacial score (nSPS) is 26.1. The fourth-order valence-corrected chi connectivity index (χ4v) is 2.30. The molecule has 0 aromatic carbocycles. The molecule has 0 spiro atoms. The van der Waals surface area contributed by atoms with Crippen molar-refractivity contribution in [1.29, 1.82) is 0 Å². The summed E-state index contributed by atoms with van der Waals surface area (Å²) in [6.07, 6.45) is 6.77. The van der Waals surface area contributed by atoms with Gasteiger partial charge in [-0.25, -0.2) is 4.39 Å². The third-order valence-electron chi connectivity index (χ3n) is 3.62. The predicted octanol–water partition coefficient (Wildman–Crippen LogP) is 3.74. The van der Waals surface area contributed by atoms with E-state index in [9.17, 15) is 4.39 Å². The third-order valence-corrected chi connectivity index (χ3v) is 3.62. The minimum absolute atomic E-state index is 0.376. The van der Waals surface area contributed by atoms with Crippen LogP contribution >= 0.6 is 0 Å². The lowest BCUT2D eigenvalue weighted by molar-refractivity contribution is 0.252. The van der Waals surface area contributed by atoms with Crippen LogP contribution in [0.4, 0.5) is 4.39 Å². The summed E-state index contributed by atoms with van der Waals surface area (Å²) >= 11 is 0. The number of hydrogen-bond acceptors (Lipinski definition) is 2. The molecule has 0 N–H and O–H groups in total. The van der Waals surface area contributed by atoms with E-state index in [0.29, 0.717) is 6.42 Å². The molecule has 3 heteroatoms. The number of nitrogens with zero attached hydrogens (tertiary/aromatic N) is 2. The van der Waals surface area contributed by atoms with E-state index < -0.39 is 5.67 Å². The Morgan fingerprint density at radius 3 is 2.63 bits per heavy atom. The van der Waals surface area contributed by atoms with E-state index in [0.717, 1.165) is 37.2 Å². The highest BCUT2D eigenvalue weighted by atomic mass is 19.1. The van der Waals surface area contributed by atoms with Crippen LogP contribution in [-0.2, 0) is 0 Å². The van der Waals surface area contributed by atoms with Gasteiger partial charge in [0.05, 0.1) is 0 Å². The van der Waals surface area contributed by atoms with Crippen molar-refractivity contribution in [3.05, 3.63) is 36.2 Å². The zero-order valence-corrected chi connectivity index (χ0v) is 12.7. The predicted molar refractivity (Wildman–Crippen MR) is 80.7 cm³/mol. The number of hydrogen-bond donors (Lipinski definition) is 0. The zero-order valence-electron chi connectivity index (χ0n) is 12.7. The first kappa shape index (κ1) is 16.0. The van der Waals surface area contributed by atoms with Crippen molar-refractivity contribution in [2.24, 2.45) is 0 Å². The minimum atomic E-state index is -1.31. The average molecular weight is 266 g/mol. The first-order valence-corrected chi connectivity index (χ1v) is 7.09. The van der Waals surface area contributed by atoms with E-state index in [1.54, 1.807) is 19.2 Å². The second kappa shape index (κ2) is 6.90. The third kappa shape index (κ3) is 5.19. The van der Waals surface area contributed by atoms with Crippen molar-refractivity contribution in [2.75, 3.05) is 26.7 Å². The zero-order chi connectivity index (χ0) is 14.5. The summed E-state index contributed by atoms with van der Waals surface area (Å²) < 4.78 is 14.2. The minimum Gasteiger partial charge on any atom is -0.357 e. The molecule has 0 aromatic rings. The van der Waals surface area contributed by atoms with Crippen LogP contribution in [0.5, 0.6) is 0 Å². The first-order valence-electron chi connectivity index (χ1n) is 7.09. The van der Waals surface area contributed by atoms with Gasteiger partial charge in [-0.15, -0.1) is 0 Å². The lowest BCUT2D eigenvalue weighted by Gasteiger charge is -2.26. The Labute approximate surface area is 117 Å². The first-order chi connectivity index (χ1) is 8.88. The Balaban J connectivity index is 2.77. The lowest BCUT2D eigenvalue weighted by atomic mass is 9.92. The topological polar surface area (TPSA) is 6.48 Å². The van der Waals surface area contributed by atoms with Gasteiger partial charge in [-0.05, 0) is 43.7 Å². The molecule has 0 saturated heterocycles. The molecule has 0 saturated carbocycles. The van der Waals surface area contributed by atoms with E-state index >= 15 is 0 Å². The van der Waals surface area contributed by atoms with Crippen LogP contribution in [-0.4, -0.2) is 42.2 Å². The van der Waals surface area contributed by atoms with Gasteiger partial charge in [0.1, 0.15) is 5.67 Å². The summed E-state index contributed by atoms with van der Waals surface area (Å²) in [7, 11) is 1.93. The van der Waals surface area contributed by atoms with Crippen molar-refractivity contribution in [2.45, 2.75) is 39.3 Å². The van der Waals surface area contributed by atoms with Gasteiger partial charge in [0.2, 0.25) is 0 Å². The fraction of sp³-hybridized carbons (Fsp3) is 0.625. The van der Waals surface area contributed by atoms with Crippen molar-refractivity contribution in [1.82, 2.24) is 9.80 Å². The van der Waals surface area contributed by atoms with Crippen molar-refractivity contribution >= 4 is 0 Å². The van der Waals surface area contributed by atoms with Gasteiger partial charge < -0.3 is 9.80 Å². The highest BCUT2D eigenvalue weighted by Crippen LogP contribution is 2.29. The summed E-state index contributed by atoms with van der Waals surface area (Å²) in [5, 5.41) is 0. The number of allylic oxidation sites excluding steroid dienone is 2. The summed E-state index contributed by atoms with van der Waals surface area (Å²) in [5.41, 5.74) is 0.760. The smallest absolute Gasteiger partial charge is 0.132 e. The fourth-order valence-electron chi connectivity index (χ4n) is 2.30. The Hall–Kier alpha value is -1.09. The van der Waals surface area contributed by atoms with Gasteiger partial charge in [-0.2, -0.15) is 0 Å². The van der Waals surface area contributed by atoms with Gasteiger partial charge in [0, 0.05) is 32.4 Å². The van der Waals surface area contributed by atoms with E-state index in [-0.39, 0.29) is 0 Å². The van der Waals surface area contributed by atoms with Gasteiger partial charge in [0.15, 0.2) is 0 Å². The molecule has 0 aromatic heterocycles. The van der Waals surface area contributed by atoms with E-state index in [1.807, 2.05) is 11.9 Å². The average Bonchev–Trinajstić information content (AvgIpc) is 2.34.